The minimum absolute atomic E-state index is 0.0676. The fraction of sp³-hybridized carbons (Fsp3) is 0.792. The highest BCUT2D eigenvalue weighted by Crippen LogP contribution is 2.64. The molecule has 0 radical (unpaired) electrons. The molecule has 3 aliphatic heterocycles. The predicted molar refractivity (Wildman–Crippen MR) is 119 cm³/mol. The number of aliphatic hydroxyl groups excluding tert-OH is 1. The maximum Gasteiger partial charge on any atom is 0.310 e. The maximum atomic E-state index is 14.0. The summed E-state index contributed by atoms with van der Waals surface area (Å²) in [6.07, 6.45) is 3.76. The monoisotopic (exact) mass is 450 g/mol. The predicted octanol–water partition coefficient (Wildman–Crippen LogP) is 2.06. The molecule has 3 aliphatic rings. The van der Waals surface area contributed by atoms with Gasteiger partial charge < -0.3 is 24.7 Å². The number of carboxylic acids is 1. The topological polar surface area (TPSA) is 107 Å². The normalized spacial score (nSPS) is 35.2. The average Bonchev–Trinajstić information content (AvgIpc) is 3.36. The summed E-state index contributed by atoms with van der Waals surface area (Å²) in [4.78, 5) is 43.5. The van der Waals surface area contributed by atoms with Crippen LogP contribution in [-0.2, 0) is 19.1 Å². The van der Waals surface area contributed by atoms with Crippen LogP contribution < -0.4 is 0 Å². The molecule has 0 aromatic heterocycles. The molecule has 3 fully saturated rings. The molecular weight excluding hydrogens is 412 g/mol. The van der Waals surface area contributed by atoms with E-state index < -0.39 is 41.1 Å². The van der Waals surface area contributed by atoms with E-state index in [2.05, 4.69) is 6.58 Å². The number of likely N-dealkylation sites (tertiary alicyclic amines) is 1. The zero-order valence-electron chi connectivity index (χ0n) is 19.9. The van der Waals surface area contributed by atoms with E-state index in [0.29, 0.717) is 32.2 Å². The van der Waals surface area contributed by atoms with Crippen LogP contribution in [0.15, 0.2) is 12.7 Å². The van der Waals surface area contributed by atoms with Crippen LogP contribution in [0.3, 0.4) is 0 Å². The van der Waals surface area contributed by atoms with Gasteiger partial charge >= 0.3 is 5.97 Å². The third kappa shape index (κ3) is 3.29. The van der Waals surface area contributed by atoms with Gasteiger partial charge in [0.25, 0.3) is 0 Å². The molecule has 0 aromatic rings. The quantitative estimate of drug-likeness (QED) is 0.494. The average molecular weight is 451 g/mol. The van der Waals surface area contributed by atoms with Crippen molar-refractivity contribution in [1.29, 1.82) is 0 Å². The lowest BCUT2D eigenvalue weighted by Gasteiger charge is -2.42. The van der Waals surface area contributed by atoms with Crippen LogP contribution in [0.4, 0.5) is 0 Å². The number of aliphatic hydroxyl groups is 1. The number of carboxylic acid groups (broad SMARTS) is 1. The third-order valence-corrected chi connectivity index (χ3v) is 8.20. The van der Waals surface area contributed by atoms with Crippen LogP contribution in [0, 0.1) is 17.8 Å². The van der Waals surface area contributed by atoms with E-state index in [9.17, 15) is 24.6 Å². The molecule has 3 saturated heterocycles. The van der Waals surface area contributed by atoms with Gasteiger partial charge in [-0.2, -0.15) is 0 Å². The summed E-state index contributed by atoms with van der Waals surface area (Å²) in [7, 11) is 0. The summed E-state index contributed by atoms with van der Waals surface area (Å²) in [5.41, 5.74) is -2.13. The molecule has 2 amide bonds. The van der Waals surface area contributed by atoms with Gasteiger partial charge in [0.1, 0.15) is 17.6 Å². The number of hydrogen-bond donors (Lipinski definition) is 2. The van der Waals surface area contributed by atoms with E-state index in [1.807, 2.05) is 34.6 Å². The fourth-order valence-electron chi connectivity index (χ4n) is 6.33. The molecule has 7 atom stereocenters. The Labute approximate surface area is 190 Å². The Hall–Kier alpha value is -1.93. The van der Waals surface area contributed by atoms with Gasteiger partial charge in [-0.25, -0.2) is 0 Å². The van der Waals surface area contributed by atoms with Crippen molar-refractivity contribution in [3.05, 3.63) is 12.7 Å². The number of aliphatic carboxylic acids is 1. The molecule has 3 rings (SSSR count). The van der Waals surface area contributed by atoms with Crippen molar-refractivity contribution in [3.63, 3.8) is 0 Å². The first kappa shape index (κ1) is 24.7. The first-order valence-electron chi connectivity index (χ1n) is 11.8. The highest BCUT2D eigenvalue weighted by Gasteiger charge is 2.79. The lowest BCUT2D eigenvalue weighted by molar-refractivity contribution is -0.161. The van der Waals surface area contributed by atoms with Gasteiger partial charge in [0.2, 0.25) is 11.8 Å². The standard InChI is InChI=1S/C24H38N2O6/c1-7-12-25(14(4)5)21(29)19-24-11-10-23(9-3,32-24)18(22(30)31)17(24)20(28)26(19)16(13-27)15(6)8-2/h7,14-19,27H,1,8-13H2,2-6H3,(H,30,31)/t15-,16-,17-,18+,19?,23-,24?/m0/s1. The van der Waals surface area contributed by atoms with Crippen molar-refractivity contribution < 1.29 is 29.3 Å². The van der Waals surface area contributed by atoms with Crippen LogP contribution in [0.25, 0.3) is 0 Å². The molecule has 0 aromatic carbocycles. The molecule has 32 heavy (non-hydrogen) atoms. The second-order valence-corrected chi connectivity index (χ2v) is 9.93. The van der Waals surface area contributed by atoms with Crippen molar-refractivity contribution in [2.45, 2.75) is 89.6 Å². The first-order valence-corrected chi connectivity index (χ1v) is 11.8. The first-order chi connectivity index (χ1) is 15.1. The van der Waals surface area contributed by atoms with Crippen molar-refractivity contribution in [1.82, 2.24) is 9.80 Å². The van der Waals surface area contributed by atoms with Gasteiger partial charge in [0.05, 0.1) is 24.2 Å². The van der Waals surface area contributed by atoms with E-state index in [1.165, 1.54) is 4.90 Å². The molecule has 180 valence electrons. The number of nitrogens with zero attached hydrogens (tertiary/aromatic N) is 2. The molecule has 2 bridgehead atoms. The van der Waals surface area contributed by atoms with E-state index in [0.717, 1.165) is 0 Å². The van der Waals surface area contributed by atoms with E-state index in [4.69, 9.17) is 4.74 Å². The molecule has 1 spiro atoms. The third-order valence-electron chi connectivity index (χ3n) is 8.20. The van der Waals surface area contributed by atoms with E-state index in [-0.39, 0.29) is 30.4 Å². The molecule has 2 unspecified atom stereocenters. The number of carbonyl (C=O) groups is 3. The van der Waals surface area contributed by atoms with E-state index in [1.54, 1.807) is 11.0 Å². The largest absolute Gasteiger partial charge is 0.481 e. The molecule has 3 heterocycles. The molecule has 0 saturated carbocycles. The van der Waals surface area contributed by atoms with Crippen molar-refractivity contribution in [2.75, 3.05) is 13.2 Å². The SMILES string of the molecule is C=CCN(C(=O)C1N([C@@H](CO)[C@@H](C)CC)C(=O)[C@@H]2[C@H](C(=O)O)[C@]3(CC)CCC12O3)C(C)C. The number of fused-ring (bicyclic) bond motifs is 1. The van der Waals surface area contributed by atoms with Gasteiger partial charge in [-0.3, -0.25) is 14.4 Å². The summed E-state index contributed by atoms with van der Waals surface area (Å²) < 4.78 is 6.55. The lowest BCUT2D eigenvalue weighted by atomic mass is 9.65. The van der Waals surface area contributed by atoms with Crippen LogP contribution in [0.5, 0.6) is 0 Å². The summed E-state index contributed by atoms with van der Waals surface area (Å²) >= 11 is 0. The summed E-state index contributed by atoms with van der Waals surface area (Å²) in [6, 6.07) is -1.70. The Balaban J connectivity index is 2.19. The van der Waals surface area contributed by atoms with Crippen molar-refractivity contribution >= 4 is 17.8 Å². The Bertz CT molecular complexity index is 784. The number of rotatable bonds is 10. The van der Waals surface area contributed by atoms with Crippen LogP contribution in [0.1, 0.15) is 60.3 Å². The van der Waals surface area contributed by atoms with Crippen LogP contribution in [-0.4, -0.2) is 80.3 Å². The van der Waals surface area contributed by atoms with E-state index >= 15 is 0 Å². The van der Waals surface area contributed by atoms with Gasteiger partial charge in [-0.1, -0.05) is 33.3 Å². The Kier molecular flexibility index (Phi) is 6.78. The molecule has 8 heteroatoms. The van der Waals surface area contributed by atoms with Gasteiger partial charge in [0.15, 0.2) is 0 Å². The maximum absolute atomic E-state index is 14.0. The van der Waals surface area contributed by atoms with Gasteiger partial charge in [0, 0.05) is 12.6 Å². The number of hydrogen-bond acceptors (Lipinski definition) is 5. The Morgan fingerprint density at radius 2 is 1.97 bits per heavy atom. The summed E-state index contributed by atoms with van der Waals surface area (Å²) in [5.74, 6) is -3.71. The van der Waals surface area contributed by atoms with Crippen LogP contribution >= 0.6 is 0 Å². The molecule has 2 N–H and O–H groups in total. The van der Waals surface area contributed by atoms with Crippen molar-refractivity contribution in [2.24, 2.45) is 17.8 Å². The zero-order valence-corrected chi connectivity index (χ0v) is 19.9. The number of ether oxygens (including phenoxy) is 1. The minimum atomic E-state index is -1.19. The second-order valence-electron chi connectivity index (χ2n) is 9.93. The summed E-state index contributed by atoms with van der Waals surface area (Å²) in [6.45, 7) is 13.4. The smallest absolute Gasteiger partial charge is 0.310 e. The Morgan fingerprint density at radius 1 is 1.31 bits per heavy atom. The summed E-state index contributed by atoms with van der Waals surface area (Å²) in [5, 5.41) is 20.4. The Morgan fingerprint density at radius 3 is 2.44 bits per heavy atom. The van der Waals surface area contributed by atoms with Crippen molar-refractivity contribution in [3.8, 4) is 0 Å². The zero-order chi connectivity index (χ0) is 24.0. The van der Waals surface area contributed by atoms with Gasteiger partial charge in [-0.15, -0.1) is 6.58 Å². The fourth-order valence-corrected chi connectivity index (χ4v) is 6.33. The number of carbonyl (C=O) groups excluding carboxylic acids is 2. The highest BCUT2D eigenvalue weighted by atomic mass is 16.5. The lowest BCUT2D eigenvalue weighted by Crippen LogP contribution is -2.60. The number of amides is 2. The van der Waals surface area contributed by atoms with Crippen LogP contribution in [0.2, 0.25) is 0 Å². The van der Waals surface area contributed by atoms with Gasteiger partial charge in [-0.05, 0) is 39.0 Å². The highest BCUT2D eigenvalue weighted by molar-refractivity contribution is 5.98. The molecular formula is C24H38N2O6. The molecule has 8 nitrogen and oxygen atoms in total. The molecule has 0 aliphatic carbocycles. The minimum Gasteiger partial charge on any atom is -0.481 e. The second kappa shape index (κ2) is 8.78.